The minimum atomic E-state index is -4.35. The predicted octanol–water partition coefficient (Wildman–Crippen LogP) is 4.32. The number of halogens is 3. The van der Waals surface area contributed by atoms with E-state index in [1.807, 2.05) is 12.1 Å². The molecule has 3 heterocycles. The SMILES string of the molecule is FC(F)(F)c1cc(NC2CCNCC2)c2c(c1)Sc1cccnc1C2. The highest BCUT2D eigenvalue weighted by atomic mass is 32.2. The Morgan fingerprint density at radius 2 is 1.96 bits per heavy atom. The van der Waals surface area contributed by atoms with Crippen LogP contribution in [0.15, 0.2) is 40.3 Å². The van der Waals surface area contributed by atoms with Crippen LogP contribution in [0, 0.1) is 0 Å². The van der Waals surface area contributed by atoms with Gasteiger partial charge in [0.15, 0.2) is 0 Å². The molecule has 3 nitrogen and oxygen atoms in total. The molecule has 2 aliphatic rings. The standard InChI is InChI=1S/C18H18F3N3S/c19-18(20,21)11-8-14(24-12-3-6-22-7-4-12)13-10-15-16(2-1-5-23-15)25-17(13)9-11/h1-2,5,8-9,12,22,24H,3-4,6-7,10H2. The highest BCUT2D eigenvalue weighted by Gasteiger charge is 2.33. The zero-order valence-corrected chi connectivity index (χ0v) is 14.3. The second kappa shape index (κ2) is 6.53. The van der Waals surface area contributed by atoms with Crippen LogP contribution in [-0.2, 0) is 12.6 Å². The Balaban J connectivity index is 1.74. The monoisotopic (exact) mass is 365 g/mol. The first-order valence-electron chi connectivity index (χ1n) is 8.34. The molecule has 2 aromatic rings. The summed E-state index contributed by atoms with van der Waals surface area (Å²) in [5.41, 5.74) is 1.85. The number of pyridine rings is 1. The Morgan fingerprint density at radius 3 is 2.72 bits per heavy atom. The van der Waals surface area contributed by atoms with Gasteiger partial charge in [-0.15, -0.1) is 0 Å². The van der Waals surface area contributed by atoms with Gasteiger partial charge in [0.2, 0.25) is 0 Å². The third-order valence-electron chi connectivity index (χ3n) is 4.65. The third kappa shape index (κ3) is 3.48. The molecule has 0 radical (unpaired) electrons. The smallest absolute Gasteiger partial charge is 0.382 e. The van der Waals surface area contributed by atoms with Crippen LogP contribution in [0.25, 0.3) is 0 Å². The highest BCUT2D eigenvalue weighted by Crippen LogP contribution is 2.45. The lowest BCUT2D eigenvalue weighted by atomic mass is 10.0. The van der Waals surface area contributed by atoms with Gasteiger partial charge in [-0.25, -0.2) is 0 Å². The average molecular weight is 365 g/mol. The Kier molecular flexibility index (Phi) is 4.37. The summed E-state index contributed by atoms with van der Waals surface area (Å²) < 4.78 is 40.1. The van der Waals surface area contributed by atoms with Crippen molar-refractivity contribution in [2.45, 2.75) is 41.3 Å². The number of aromatic nitrogens is 1. The fourth-order valence-corrected chi connectivity index (χ4v) is 4.45. The van der Waals surface area contributed by atoms with Crippen LogP contribution < -0.4 is 10.6 Å². The number of hydrogen-bond acceptors (Lipinski definition) is 4. The topological polar surface area (TPSA) is 37.0 Å². The molecule has 0 amide bonds. The van der Waals surface area contributed by atoms with Gasteiger partial charge >= 0.3 is 6.18 Å². The molecule has 0 atom stereocenters. The van der Waals surface area contributed by atoms with Crippen molar-refractivity contribution in [2.24, 2.45) is 0 Å². The van der Waals surface area contributed by atoms with Crippen molar-refractivity contribution in [3.8, 4) is 0 Å². The summed E-state index contributed by atoms with van der Waals surface area (Å²) in [5.74, 6) is 0. The molecule has 1 fully saturated rings. The molecule has 1 saturated heterocycles. The molecule has 0 aliphatic carbocycles. The molecule has 25 heavy (non-hydrogen) atoms. The van der Waals surface area contributed by atoms with Crippen LogP contribution in [0.5, 0.6) is 0 Å². The van der Waals surface area contributed by atoms with Crippen molar-refractivity contribution < 1.29 is 13.2 Å². The molecular formula is C18H18F3N3S. The summed E-state index contributed by atoms with van der Waals surface area (Å²) in [7, 11) is 0. The van der Waals surface area contributed by atoms with E-state index in [4.69, 9.17) is 0 Å². The number of rotatable bonds is 2. The van der Waals surface area contributed by atoms with E-state index < -0.39 is 11.7 Å². The van der Waals surface area contributed by atoms with Crippen LogP contribution in [-0.4, -0.2) is 24.1 Å². The number of alkyl halides is 3. The lowest BCUT2D eigenvalue weighted by Crippen LogP contribution is -2.35. The van der Waals surface area contributed by atoms with Gasteiger partial charge in [0.1, 0.15) is 0 Å². The molecule has 0 spiro atoms. The van der Waals surface area contributed by atoms with Gasteiger partial charge in [0.05, 0.1) is 11.3 Å². The first-order chi connectivity index (χ1) is 12.0. The molecule has 0 unspecified atom stereocenters. The van der Waals surface area contributed by atoms with E-state index in [1.165, 1.54) is 23.9 Å². The number of anilines is 1. The van der Waals surface area contributed by atoms with E-state index >= 15 is 0 Å². The van der Waals surface area contributed by atoms with E-state index in [2.05, 4.69) is 15.6 Å². The van der Waals surface area contributed by atoms with E-state index in [-0.39, 0.29) is 6.04 Å². The molecule has 1 aromatic heterocycles. The van der Waals surface area contributed by atoms with Crippen molar-refractivity contribution in [3.63, 3.8) is 0 Å². The van der Waals surface area contributed by atoms with E-state index in [0.717, 1.165) is 42.1 Å². The maximum atomic E-state index is 13.4. The molecule has 0 bridgehead atoms. The van der Waals surface area contributed by atoms with Crippen LogP contribution >= 0.6 is 11.8 Å². The largest absolute Gasteiger partial charge is 0.416 e. The first kappa shape index (κ1) is 16.7. The number of hydrogen-bond donors (Lipinski definition) is 2. The van der Waals surface area contributed by atoms with E-state index in [9.17, 15) is 13.2 Å². The van der Waals surface area contributed by atoms with Crippen LogP contribution in [0.2, 0.25) is 0 Å². The predicted molar refractivity (Wildman–Crippen MR) is 92.1 cm³/mol. The Hall–Kier alpha value is -1.73. The summed E-state index contributed by atoms with van der Waals surface area (Å²) in [4.78, 5) is 6.00. The maximum Gasteiger partial charge on any atom is 0.416 e. The third-order valence-corrected chi connectivity index (χ3v) is 5.82. The number of nitrogens with one attached hydrogen (secondary N) is 2. The molecule has 4 rings (SSSR count). The summed E-state index contributed by atoms with van der Waals surface area (Å²) in [6.45, 7) is 1.77. The number of benzene rings is 1. The average Bonchev–Trinajstić information content (AvgIpc) is 2.60. The second-order valence-corrected chi connectivity index (χ2v) is 7.48. The van der Waals surface area contributed by atoms with Crippen LogP contribution in [0.3, 0.4) is 0 Å². The molecule has 132 valence electrons. The highest BCUT2D eigenvalue weighted by molar-refractivity contribution is 7.99. The van der Waals surface area contributed by atoms with Crippen molar-refractivity contribution in [3.05, 3.63) is 47.3 Å². The number of fused-ring (bicyclic) bond motifs is 2. The van der Waals surface area contributed by atoms with Crippen molar-refractivity contribution in [2.75, 3.05) is 18.4 Å². The van der Waals surface area contributed by atoms with Gasteiger partial charge in [0.25, 0.3) is 0 Å². The van der Waals surface area contributed by atoms with Crippen molar-refractivity contribution in [1.29, 1.82) is 0 Å². The fraction of sp³-hybridized carbons (Fsp3) is 0.389. The van der Waals surface area contributed by atoms with Gasteiger partial charge in [0, 0.05) is 34.1 Å². The zero-order chi connectivity index (χ0) is 17.4. The summed E-state index contributed by atoms with van der Waals surface area (Å²) in [6.07, 6.45) is -0.242. The van der Waals surface area contributed by atoms with Crippen LogP contribution in [0.1, 0.15) is 29.7 Å². The van der Waals surface area contributed by atoms with Gasteiger partial charge in [-0.2, -0.15) is 13.2 Å². The maximum absolute atomic E-state index is 13.4. The summed E-state index contributed by atoms with van der Waals surface area (Å²) in [6, 6.07) is 6.46. The van der Waals surface area contributed by atoms with E-state index in [1.54, 1.807) is 6.20 Å². The molecule has 1 aromatic carbocycles. The fourth-order valence-electron chi connectivity index (χ4n) is 3.33. The van der Waals surface area contributed by atoms with Crippen LogP contribution in [0.4, 0.5) is 18.9 Å². The van der Waals surface area contributed by atoms with Gasteiger partial charge < -0.3 is 10.6 Å². The normalized spacial score (nSPS) is 17.7. The molecular weight excluding hydrogens is 347 g/mol. The lowest BCUT2D eigenvalue weighted by molar-refractivity contribution is -0.137. The summed E-state index contributed by atoms with van der Waals surface area (Å²) >= 11 is 1.37. The summed E-state index contributed by atoms with van der Waals surface area (Å²) in [5, 5.41) is 6.65. The van der Waals surface area contributed by atoms with Gasteiger partial charge in [-0.3, -0.25) is 4.98 Å². The Labute approximate surface area is 148 Å². The molecule has 0 saturated carbocycles. The number of piperidine rings is 1. The van der Waals surface area contributed by atoms with Crippen molar-refractivity contribution in [1.82, 2.24) is 10.3 Å². The van der Waals surface area contributed by atoms with Gasteiger partial charge in [-0.05, 0) is 55.8 Å². The minimum Gasteiger partial charge on any atom is -0.382 e. The van der Waals surface area contributed by atoms with Crippen molar-refractivity contribution >= 4 is 17.4 Å². The quantitative estimate of drug-likeness (QED) is 0.709. The Morgan fingerprint density at radius 1 is 1.16 bits per heavy atom. The second-order valence-electron chi connectivity index (χ2n) is 6.39. The molecule has 2 N–H and O–H groups in total. The first-order valence-corrected chi connectivity index (χ1v) is 9.15. The molecule has 7 heteroatoms. The minimum absolute atomic E-state index is 0.198. The Bertz CT molecular complexity index is 786. The van der Waals surface area contributed by atoms with E-state index in [0.29, 0.717) is 17.0 Å². The molecule has 2 aliphatic heterocycles. The zero-order valence-electron chi connectivity index (χ0n) is 13.5. The van der Waals surface area contributed by atoms with Gasteiger partial charge in [-0.1, -0.05) is 11.8 Å². The lowest BCUT2D eigenvalue weighted by Gasteiger charge is -2.28. The number of nitrogens with zero attached hydrogens (tertiary/aromatic N) is 1.